The van der Waals surface area contributed by atoms with Crippen molar-refractivity contribution in [2.75, 3.05) is 0 Å². The average molecular weight is 250 g/mol. The molecule has 92 valence electrons. The molecule has 0 saturated heterocycles. The standard InChI is InChI=1S/C16H10O3/c17-10-11-4-3-5-12(8-11)16-9-14(18)13-6-1-2-7-15(13)19-16/h1-10H. The van der Waals surface area contributed by atoms with Gasteiger partial charge in [-0.3, -0.25) is 9.59 Å². The first-order chi connectivity index (χ1) is 9.28. The summed E-state index contributed by atoms with van der Waals surface area (Å²) in [5, 5.41) is 0.554. The smallest absolute Gasteiger partial charge is 0.193 e. The SMILES string of the molecule is O=Cc1cccc(-c2cc(=O)c3ccccc3o2)c1. The van der Waals surface area contributed by atoms with Crippen LogP contribution >= 0.6 is 0 Å². The molecule has 0 unspecified atom stereocenters. The van der Waals surface area contributed by atoms with Gasteiger partial charge in [0.2, 0.25) is 0 Å². The van der Waals surface area contributed by atoms with E-state index in [0.717, 1.165) is 6.29 Å². The summed E-state index contributed by atoms with van der Waals surface area (Å²) in [5.41, 5.74) is 1.72. The van der Waals surface area contributed by atoms with Crippen molar-refractivity contribution in [1.82, 2.24) is 0 Å². The van der Waals surface area contributed by atoms with Crippen molar-refractivity contribution in [3.8, 4) is 11.3 Å². The van der Waals surface area contributed by atoms with Crippen molar-refractivity contribution in [2.24, 2.45) is 0 Å². The number of aldehydes is 1. The minimum absolute atomic E-state index is 0.0895. The normalized spacial score (nSPS) is 10.5. The molecular weight excluding hydrogens is 240 g/mol. The van der Waals surface area contributed by atoms with Gasteiger partial charge in [0.1, 0.15) is 17.6 Å². The number of hydrogen-bond acceptors (Lipinski definition) is 3. The topological polar surface area (TPSA) is 47.3 Å². The van der Waals surface area contributed by atoms with Crippen LogP contribution in [0.2, 0.25) is 0 Å². The largest absolute Gasteiger partial charge is 0.456 e. The number of fused-ring (bicyclic) bond motifs is 1. The molecule has 3 rings (SSSR count). The van der Waals surface area contributed by atoms with Crippen molar-refractivity contribution in [1.29, 1.82) is 0 Å². The van der Waals surface area contributed by atoms with Gasteiger partial charge in [0.25, 0.3) is 0 Å². The van der Waals surface area contributed by atoms with E-state index >= 15 is 0 Å². The fourth-order valence-corrected chi connectivity index (χ4v) is 2.01. The number of para-hydroxylation sites is 1. The van der Waals surface area contributed by atoms with Gasteiger partial charge in [-0.2, -0.15) is 0 Å². The Bertz CT molecular complexity index is 815. The van der Waals surface area contributed by atoms with Crippen LogP contribution in [0.25, 0.3) is 22.3 Å². The van der Waals surface area contributed by atoms with E-state index in [9.17, 15) is 9.59 Å². The van der Waals surface area contributed by atoms with E-state index in [1.807, 2.05) is 6.07 Å². The second-order valence-corrected chi connectivity index (χ2v) is 4.21. The van der Waals surface area contributed by atoms with Crippen LogP contribution in [0, 0.1) is 0 Å². The monoisotopic (exact) mass is 250 g/mol. The van der Waals surface area contributed by atoms with Gasteiger partial charge >= 0.3 is 0 Å². The maximum absolute atomic E-state index is 12.0. The number of rotatable bonds is 2. The minimum atomic E-state index is -0.0895. The molecule has 3 heteroatoms. The molecule has 2 aromatic carbocycles. The molecule has 0 atom stereocenters. The van der Waals surface area contributed by atoms with E-state index in [2.05, 4.69) is 0 Å². The zero-order valence-electron chi connectivity index (χ0n) is 10.00. The number of carbonyl (C=O) groups excluding carboxylic acids is 1. The van der Waals surface area contributed by atoms with E-state index in [0.29, 0.717) is 27.9 Å². The van der Waals surface area contributed by atoms with Crippen molar-refractivity contribution >= 4 is 17.3 Å². The molecule has 19 heavy (non-hydrogen) atoms. The molecule has 0 N–H and O–H groups in total. The van der Waals surface area contributed by atoms with Gasteiger partial charge in [0.05, 0.1) is 5.39 Å². The van der Waals surface area contributed by atoms with E-state index in [4.69, 9.17) is 4.42 Å². The third kappa shape index (κ3) is 2.06. The Labute approximate surface area is 109 Å². The minimum Gasteiger partial charge on any atom is -0.456 e. The molecule has 0 fully saturated rings. The highest BCUT2D eigenvalue weighted by Crippen LogP contribution is 2.22. The number of benzene rings is 2. The summed E-state index contributed by atoms with van der Waals surface area (Å²) in [7, 11) is 0. The molecule has 0 radical (unpaired) electrons. The summed E-state index contributed by atoms with van der Waals surface area (Å²) in [6.07, 6.45) is 0.767. The predicted octanol–water partition coefficient (Wildman–Crippen LogP) is 3.27. The summed E-state index contributed by atoms with van der Waals surface area (Å²) in [6, 6.07) is 15.5. The van der Waals surface area contributed by atoms with E-state index < -0.39 is 0 Å². The molecule has 0 amide bonds. The molecule has 1 aromatic heterocycles. The van der Waals surface area contributed by atoms with Crippen LogP contribution in [-0.4, -0.2) is 6.29 Å². The van der Waals surface area contributed by atoms with Gasteiger partial charge in [0.15, 0.2) is 5.43 Å². The summed E-state index contributed by atoms with van der Waals surface area (Å²) >= 11 is 0. The van der Waals surface area contributed by atoms with Crippen molar-refractivity contribution < 1.29 is 9.21 Å². The Hall–Kier alpha value is -2.68. The molecule has 0 aliphatic heterocycles. The van der Waals surface area contributed by atoms with E-state index in [-0.39, 0.29) is 5.43 Å². The average Bonchev–Trinajstić information content (AvgIpc) is 2.47. The maximum Gasteiger partial charge on any atom is 0.193 e. The predicted molar refractivity (Wildman–Crippen MR) is 73.3 cm³/mol. The quantitative estimate of drug-likeness (QED) is 0.656. The third-order valence-electron chi connectivity index (χ3n) is 2.94. The number of hydrogen-bond donors (Lipinski definition) is 0. The van der Waals surface area contributed by atoms with E-state index in [1.165, 1.54) is 6.07 Å². The highest BCUT2D eigenvalue weighted by atomic mass is 16.3. The maximum atomic E-state index is 12.0. The summed E-state index contributed by atoms with van der Waals surface area (Å²) in [4.78, 5) is 22.8. The lowest BCUT2D eigenvalue weighted by atomic mass is 10.1. The van der Waals surface area contributed by atoms with Gasteiger partial charge in [-0.05, 0) is 18.2 Å². The fraction of sp³-hybridized carbons (Fsp3) is 0. The van der Waals surface area contributed by atoms with Crippen LogP contribution in [0.15, 0.2) is 63.8 Å². The van der Waals surface area contributed by atoms with Crippen LogP contribution in [0.5, 0.6) is 0 Å². The lowest BCUT2D eigenvalue weighted by Gasteiger charge is -2.03. The second-order valence-electron chi connectivity index (χ2n) is 4.21. The third-order valence-corrected chi connectivity index (χ3v) is 2.94. The fourth-order valence-electron chi connectivity index (χ4n) is 2.01. The molecule has 0 saturated carbocycles. The summed E-state index contributed by atoms with van der Waals surface area (Å²) in [6.45, 7) is 0. The highest BCUT2D eigenvalue weighted by Gasteiger charge is 2.06. The van der Waals surface area contributed by atoms with Gasteiger partial charge < -0.3 is 4.42 Å². The summed E-state index contributed by atoms with van der Waals surface area (Å²) in [5.74, 6) is 0.465. The first-order valence-electron chi connectivity index (χ1n) is 5.86. The van der Waals surface area contributed by atoms with Gasteiger partial charge in [-0.25, -0.2) is 0 Å². The second kappa shape index (κ2) is 4.53. The first-order valence-corrected chi connectivity index (χ1v) is 5.86. The lowest BCUT2D eigenvalue weighted by molar-refractivity contribution is 0.112. The molecule has 0 bridgehead atoms. The van der Waals surface area contributed by atoms with Crippen LogP contribution < -0.4 is 5.43 Å². The molecular formula is C16H10O3. The molecule has 0 aliphatic carbocycles. The van der Waals surface area contributed by atoms with Gasteiger partial charge in [0, 0.05) is 17.2 Å². The Morgan fingerprint density at radius 1 is 0.947 bits per heavy atom. The number of carbonyl (C=O) groups is 1. The van der Waals surface area contributed by atoms with Crippen LogP contribution in [0.4, 0.5) is 0 Å². The van der Waals surface area contributed by atoms with E-state index in [1.54, 1.807) is 42.5 Å². The zero-order valence-corrected chi connectivity index (χ0v) is 10.00. The molecule has 0 spiro atoms. The first kappa shape index (κ1) is 11.4. The Morgan fingerprint density at radius 3 is 2.63 bits per heavy atom. The van der Waals surface area contributed by atoms with Crippen molar-refractivity contribution in [2.45, 2.75) is 0 Å². The Balaban J connectivity index is 2.25. The highest BCUT2D eigenvalue weighted by molar-refractivity contribution is 5.80. The lowest BCUT2D eigenvalue weighted by Crippen LogP contribution is -1.99. The zero-order chi connectivity index (χ0) is 13.2. The van der Waals surface area contributed by atoms with Crippen LogP contribution in [-0.2, 0) is 0 Å². The molecule has 1 heterocycles. The van der Waals surface area contributed by atoms with Gasteiger partial charge in [-0.1, -0.05) is 30.3 Å². The molecule has 0 aliphatic rings. The Morgan fingerprint density at radius 2 is 1.79 bits per heavy atom. The van der Waals surface area contributed by atoms with Gasteiger partial charge in [-0.15, -0.1) is 0 Å². The molecule has 3 aromatic rings. The van der Waals surface area contributed by atoms with Crippen molar-refractivity contribution in [3.05, 3.63) is 70.4 Å². The van der Waals surface area contributed by atoms with Crippen LogP contribution in [0.3, 0.4) is 0 Å². The Kier molecular flexibility index (Phi) is 2.72. The van der Waals surface area contributed by atoms with Crippen LogP contribution in [0.1, 0.15) is 10.4 Å². The summed E-state index contributed by atoms with van der Waals surface area (Å²) < 4.78 is 5.71. The van der Waals surface area contributed by atoms with Crippen molar-refractivity contribution in [3.63, 3.8) is 0 Å². The molecule has 3 nitrogen and oxygen atoms in total.